The molecule has 1 aliphatic rings. The Kier molecular flexibility index (Phi) is 7.96. The summed E-state index contributed by atoms with van der Waals surface area (Å²) in [5, 5.41) is 3.27. The highest BCUT2D eigenvalue weighted by atomic mass is 19.1. The summed E-state index contributed by atoms with van der Waals surface area (Å²) in [5.41, 5.74) is 5.27. The van der Waals surface area contributed by atoms with Gasteiger partial charge in [-0.25, -0.2) is 8.78 Å². The van der Waals surface area contributed by atoms with E-state index in [1.54, 1.807) is 19.9 Å². The molecule has 1 unspecified atom stereocenters. The number of halogens is 2. The SMILES string of the molecule is CCNC(=NCC(C)(C)C(N)=O)N1CCN(C(CC)c2ccc(F)cc2F)CC1. The molecule has 1 saturated heterocycles. The van der Waals surface area contributed by atoms with Crippen LogP contribution in [0.15, 0.2) is 23.2 Å². The van der Waals surface area contributed by atoms with Crippen molar-refractivity contribution in [3.63, 3.8) is 0 Å². The number of carbonyl (C=O) groups excluding carboxylic acids is 1. The van der Waals surface area contributed by atoms with E-state index in [-0.39, 0.29) is 11.9 Å². The molecule has 8 heteroatoms. The van der Waals surface area contributed by atoms with Crippen LogP contribution in [-0.2, 0) is 4.79 Å². The van der Waals surface area contributed by atoms with Gasteiger partial charge in [-0.05, 0) is 33.3 Å². The molecule has 1 aromatic carbocycles. The van der Waals surface area contributed by atoms with Gasteiger partial charge in [-0.1, -0.05) is 13.0 Å². The molecule has 0 radical (unpaired) electrons. The number of primary amides is 1. The molecular formula is C21H33F2N5O. The lowest BCUT2D eigenvalue weighted by Gasteiger charge is -2.40. The lowest BCUT2D eigenvalue weighted by Crippen LogP contribution is -2.53. The largest absolute Gasteiger partial charge is 0.369 e. The number of piperazine rings is 1. The Labute approximate surface area is 172 Å². The molecule has 2 rings (SSSR count). The monoisotopic (exact) mass is 409 g/mol. The lowest BCUT2D eigenvalue weighted by molar-refractivity contribution is -0.125. The van der Waals surface area contributed by atoms with Crippen LogP contribution in [0, 0.1) is 17.0 Å². The maximum atomic E-state index is 14.3. The molecule has 0 aromatic heterocycles. The average Bonchev–Trinajstić information content (AvgIpc) is 2.68. The maximum absolute atomic E-state index is 14.3. The number of nitrogens with one attached hydrogen (secondary N) is 1. The number of rotatable bonds is 7. The van der Waals surface area contributed by atoms with Crippen molar-refractivity contribution in [2.45, 2.75) is 40.2 Å². The Balaban J connectivity index is 2.07. The highest BCUT2D eigenvalue weighted by Gasteiger charge is 2.28. The van der Waals surface area contributed by atoms with Crippen LogP contribution in [0.5, 0.6) is 0 Å². The molecular weight excluding hydrogens is 376 g/mol. The van der Waals surface area contributed by atoms with Crippen LogP contribution in [-0.4, -0.2) is 60.9 Å². The summed E-state index contributed by atoms with van der Waals surface area (Å²) in [6, 6.07) is 3.71. The normalized spacial score (nSPS) is 17.3. The molecule has 6 nitrogen and oxygen atoms in total. The van der Waals surface area contributed by atoms with Crippen LogP contribution in [0.3, 0.4) is 0 Å². The standard InChI is InChI=1S/C21H33F2N5O/c1-5-18(16-8-7-15(22)13-17(16)23)27-9-11-28(12-10-27)20(25-6-2)26-14-21(3,4)19(24)29/h7-8,13,18H,5-6,9-12,14H2,1-4H3,(H2,24,29)(H,25,26). The summed E-state index contributed by atoms with van der Waals surface area (Å²) in [6.07, 6.45) is 0.740. The molecule has 3 N–H and O–H groups in total. The number of nitrogens with zero attached hydrogens (tertiary/aromatic N) is 3. The first-order chi connectivity index (χ1) is 13.7. The minimum atomic E-state index is -0.712. The van der Waals surface area contributed by atoms with Crippen LogP contribution >= 0.6 is 0 Å². The fourth-order valence-electron chi connectivity index (χ4n) is 3.47. The Morgan fingerprint density at radius 3 is 2.41 bits per heavy atom. The minimum Gasteiger partial charge on any atom is -0.369 e. The third-order valence-corrected chi connectivity index (χ3v) is 5.39. The van der Waals surface area contributed by atoms with Crippen molar-refractivity contribution in [1.82, 2.24) is 15.1 Å². The third-order valence-electron chi connectivity index (χ3n) is 5.39. The first-order valence-corrected chi connectivity index (χ1v) is 10.2. The Bertz CT molecular complexity index is 730. The predicted octanol–water partition coefficient (Wildman–Crippen LogP) is 2.51. The van der Waals surface area contributed by atoms with Crippen LogP contribution in [0.4, 0.5) is 8.78 Å². The molecule has 0 saturated carbocycles. The van der Waals surface area contributed by atoms with E-state index in [0.717, 1.165) is 44.6 Å². The molecule has 1 fully saturated rings. The molecule has 1 heterocycles. The highest BCUT2D eigenvalue weighted by Crippen LogP contribution is 2.28. The van der Waals surface area contributed by atoms with E-state index in [4.69, 9.17) is 5.73 Å². The smallest absolute Gasteiger partial charge is 0.224 e. The second-order valence-corrected chi connectivity index (χ2v) is 8.03. The van der Waals surface area contributed by atoms with Gasteiger partial charge in [0.2, 0.25) is 5.91 Å². The number of aliphatic imine (C=N–C) groups is 1. The quantitative estimate of drug-likeness (QED) is 0.536. The first-order valence-electron chi connectivity index (χ1n) is 10.2. The number of hydrogen-bond donors (Lipinski definition) is 2. The lowest BCUT2D eigenvalue weighted by atomic mass is 9.93. The van der Waals surface area contributed by atoms with Crippen molar-refractivity contribution >= 4 is 11.9 Å². The second-order valence-electron chi connectivity index (χ2n) is 8.03. The summed E-state index contributed by atoms with van der Waals surface area (Å²) >= 11 is 0. The highest BCUT2D eigenvalue weighted by molar-refractivity contribution is 5.82. The van der Waals surface area contributed by atoms with Crippen molar-refractivity contribution in [3.8, 4) is 0 Å². The number of benzene rings is 1. The number of carbonyl (C=O) groups is 1. The van der Waals surface area contributed by atoms with Crippen molar-refractivity contribution in [1.29, 1.82) is 0 Å². The van der Waals surface area contributed by atoms with Gasteiger partial charge in [0, 0.05) is 50.4 Å². The molecule has 1 aromatic rings. The van der Waals surface area contributed by atoms with Crippen LogP contribution in [0.1, 0.15) is 45.7 Å². The molecule has 1 amide bonds. The first kappa shape index (κ1) is 23.1. The fraction of sp³-hybridized carbons (Fsp3) is 0.619. The number of guanidine groups is 1. The van der Waals surface area contributed by atoms with Crippen molar-refractivity contribution < 1.29 is 13.6 Å². The van der Waals surface area contributed by atoms with Crippen molar-refractivity contribution in [2.75, 3.05) is 39.3 Å². The predicted molar refractivity (Wildman–Crippen MR) is 111 cm³/mol. The third kappa shape index (κ3) is 5.88. The van der Waals surface area contributed by atoms with Gasteiger partial charge in [-0.3, -0.25) is 14.7 Å². The van der Waals surface area contributed by atoms with E-state index in [1.807, 2.05) is 13.8 Å². The molecule has 1 aliphatic heterocycles. The summed E-state index contributed by atoms with van der Waals surface area (Å²) in [6.45, 7) is 11.5. The average molecular weight is 410 g/mol. The van der Waals surface area contributed by atoms with Gasteiger partial charge in [0.05, 0.1) is 12.0 Å². The van der Waals surface area contributed by atoms with E-state index in [1.165, 1.54) is 6.07 Å². The van der Waals surface area contributed by atoms with Gasteiger partial charge in [0.15, 0.2) is 5.96 Å². The zero-order valence-corrected chi connectivity index (χ0v) is 17.8. The molecule has 1 atom stereocenters. The maximum Gasteiger partial charge on any atom is 0.224 e. The fourth-order valence-corrected chi connectivity index (χ4v) is 3.47. The zero-order valence-electron chi connectivity index (χ0n) is 17.8. The molecule has 0 aliphatic carbocycles. The van der Waals surface area contributed by atoms with Gasteiger partial charge in [0.1, 0.15) is 11.6 Å². The van der Waals surface area contributed by atoms with Gasteiger partial charge < -0.3 is 16.0 Å². The molecule has 29 heavy (non-hydrogen) atoms. The van der Waals surface area contributed by atoms with E-state index >= 15 is 0 Å². The van der Waals surface area contributed by atoms with E-state index < -0.39 is 17.0 Å². The van der Waals surface area contributed by atoms with Gasteiger partial charge >= 0.3 is 0 Å². The van der Waals surface area contributed by atoms with E-state index in [9.17, 15) is 13.6 Å². The number of hydrogen-bond acceptors (Lipinski definition) is 3. The number of amides is 1. The minimum absolute atomic E-state index is 0.0916. The topological polar surface area (TPSA) is 74.0 Å². The second kappa shape index (κ2) is 10.0. The van der Waals surface area contributed by atoms with Crippen LogP contribution in [0.25, 0.3) is 0 Å². The summed E-state index contributed by atoms with van der Waals surface area (Å²) < 4.78 is 27.5. The molecule has 0 bridgehead atoms. The van der Waals surface area contributed by atoms with Gasteiger partial charge in [-0.15, -0.1) is 0 Å². The van der Waals surface area contributed by atoms with Crippen molar-refractivity contribution in [2.24, 2.45) is 16.1 Å². The summed E-state index contributed by atoms with van der Waals surface area (Å²) in [7, 11) is 0. The Morgan fingerprint density at radius 1 is 1.24 bits per heavy atom. The summed E-state index contributed by atoms with van der Waals surface area (Å²) in [5.74, 6) is -0.685. The van der Waals surface area contributed by atoms with Crippen LogP contribution in [0.2, 0.25) is 0 Å². The summed E-state index contributed by atoms with van der Waals surface area (Å²) in [4.78, 5) is 20.5. The number of nitrogens with two attached hydrogens (primary N) is 1. The van der Waals surface area contributed by atoms with Gasteiger partial charge in [0.25, 0.3) is 0 Å². The zero-order chi connectivity index (χ0) is 21.6. The van der Waals surface area contributed by atoms with E-state index in [0.29, 0.717) is 18.7 Å². The molecule has 162 valence electrons. The Morgan fingerprint density at radius 2 is 1.90 bits per heavy atom. The Hall–Kier alpha value is -2.22. The van der Waals surface area contributed by atoms with E-state index in [2.05, 4.69) is 20.1 Å². The van der Waals surface area contributed by atoms with Crippen molar-refractivity contribution in [3.05, 3.63) is 35.4 Å². The van der Waals surface area contributed by atoms with Crippen LogP contribution < -0.4 is 11.1 Å². The molecule has 0 spiro atoms. The van der Waals surface area contributed by atoms with Gasteiger partial charge in [-0.2, -0.15) is 0 Å².